The van der Waals surface area contributed by atoms with Crippen LogP contribution in [0.15, 0.2) is 64.6 Å². The molecule has 0 heterocycles. The molecule has 3 heteroatoms. The van der Waals surface area contributed by atoms with Gasteiger partial charge >= 0.3 is 142 Å². The zero-order chi connectivity index (χ0) is 17.3. The maximum atomic E-state index is 2.61. The van der Waals surface area contributed by atoms with Gasteiger partial charge in [0.05, 0.1) is 0 Å². The van der Waals surface area contributed by atoms with Crippen molar-refractivity contribution >= 4 is 28.7 Å². The summed E-state index contributed by atoms with van der Waals surface area (Å²) in [5.74, 6) is 0. The van der Waals surface area contributed by atoms with E-state index in [1.54, 1.807) is 13.3 Å². The third kappa shape index (κ3) is 2.87. The van der Waals surface area contributed by atoms with Crippen LogP contribution in [0.25, 0.3) is 11.1 Å². The van der Waals surface area contributed by atoms with Crippen LogP contribution in [0.5, 0.6) is 0 Å². The topological polar surface area (TPSA) is 0 Å². The molecule has 0 atom stereocenters. The van der Waals surface area contributed by atoms with E-state index in [2.05, 4.69) is 86.8 Å². The molecule has 141 valence electrons. The first-order valence-corrected chi connectivity index (χ1v) is 18.6. The van der Waals surface area contributed by atoms with E-state index >= 15 is 0 Å². The van der Waals surface area contributed by atoms with E-state index in [1.807, 2.05) is 0 Å². The van der Waals surface area contributed by atoms with Gasteiger partial charge in [-0.3, -0.25) is 0 Å². The molecule has 2 aromatic rings. The van der Waals surface area contributed by atoms with E-state index < -0.39 is 12.7 Å². The Hall–Kier alpha value is -0.786. The van der Waals surface area contributed by atoms with Gasteiger partial charge in [-0.2, -0.15) is 0 Å². The molecule has 0 saturated heterocycles. The summed E-state index contributed by atoms with van der Waals surface area (Å²) in [7, 11) is 0. The van der Waals surface area contributed by atoms with Gasteiger partial charge in [-0.25, -0.2) is 0 Å². The average Bonchev–Trinajstić information content (AvgIpc) is 3.14. The van der Waals surface area contributed by atoms with E-state index in [-0.39, 0.29) is 24.8 Å². The second kappa shape index (κ2) is 5.18. The van der Waals surface area contributed by atoms with Gasteiger partial charge in [-0.1, -0.05) is 0 Å². The van der Waals surface area contributed by atoms with Crippen molar-refractivity contribution in [2.45, 2.75) is 39.0 Å². The van der Waals surface area contributed by atoms with E-state index in [4.69, 9.17) is 0 Å². The van der Waals surface area contributed by atoms with Gasteiger partial charge in [-0.15, -0.1) is 24.8 Å². The van der Waals surface area contributed by atoms with Crippen molar-refractivity contribution in [2.24, 2.45) is 0 Å². The van der Waals surface area contributed by atoms with Crippen LogP contribution >= 0.6 is 24.8 Å². The Labute approximate surface area is 166 Å². The SMILES string of the molecule is Cl.Cl.[CH3][Ti]([CH3])([CH3])([CH3])([CH3])([C]1=CC=CC1)[c]1cccc2c1Cc1ccccc1-2. The zero-order valence-corrected chi connectivity index (χ0v) is 19.7. The number of fused-ring (bicyclic) bond motifs is 3. The molecule has 0 saturated carbocycles. The monoisotopic (exact) mass is 425 g/mol. The molecule has 0 amide bonds. The van der Waals surface area contributed by atoms with Crippen LogP contribution in [0.4, 0.5) is 0 Å². The summed E-state index contributed by atoms with van der Waals surface area (Å²) in [6.45, 7) is 0. The second-order valence-corrected chi connectivity index (χ2v) is 38.3. The normalized spacial score (nSPS) is 18.8. The predicted octanol–water partition coefficient (Wildman–Crippen LogP) is 7.57. The summed E-state index contributed by atoms with van der Waals surface area (Å²) in [4.78, 5) is 0. The molecule has 0 spiro atoms. The first kappa shape index (κ1) is 21.5. The van der Waals surface area contributed by atoms with Crippen molar-refractivity contribution < 1.29 is 12.7 Å². The number of allylic oxidation sites excluding steroid dienone is 4. The van der Waals surface area contributed by atoms with Gasteiger partial charge in [0.25, 0.3) is 0 Å². The van der Waals surface area contributed by atoms with Crippen molar-refractivity contribution in [3.8, 4) is 11.1 Å². The predicted molar refractivity (Wildman–Crippen MR) is 120 cm³/mol. The minimum atomic E-state index is -4.04. The molecule has 0 aromatic heterocycles. The quantitative estimate of drug-likeness (QED) is 0.371. The number of halogens is 2. The van der Waals surface area contributed by atoms with Crippen LogP contribution in [0.2, 0.25) is 26.1 Å². The van der Waals surface area contributed by atoms with Crippen molar-refractivity contribution in [2.75, 3.05) is 0 Å². The summed E-state index contributed by atoms with van der Waals surface area (Å²) in [5.41, 5.74) is 5.93. The van der Waals surface area contributed by atoms with Crippen LogP contribution in [0.3, 0.4) is 0 Å². The zero-order valence-electron chi connectivity index (χ0n) is 16.5. The molecule has 4 rings (SSSR count). The molecule has 2 aliphatic rings. The Balaban J connectivity index is 0.00000121. The van der Waals surface area contributed by atoms with Crippen LogP contribution in [-0.4, -0.2) is 0 Å². The van der Waals surface area contributed by atoms with E-state index in [1.165, 1.54) is 16.7 Å². The van der Waals surface area contributed by atoms with Gasteiger partial charge in [0.15, 0.2) is 0 Å². The van der Waals surface area contributed by atoms with E-state index in [9.17, 15) is 0 Å². The number of benzene rings is 2. The third-order valence-electron chi connectivity index (χ3n) is 6.87. The van der Waals surface area contributed by atoms with Gasteiger partial charge in [0.2, 0.25) is 0 Å². The fourth-order valence-electron chi connectivity index (χ4n) is 5.09. The summed E-state index contributed by atoms with van der Waals surface area (Å²) < 4.78 is 3.27. The van der Waals surface area contributed by atoms with Crippen LogP contribution in [0.1, 0.15) is 17.5 Å². The Bertz CT molecular complexity index is 966. The number of rotatable bonds is 2. The van der Waals surface area contributed by atoms with Gasteiger partial charge < -0.3 is 0 Å². The first-order chi connectivity index (χ1) is 10.9. The molecule has 0 bridgehead atoms. The fourth-order valence-corrected chi connectivity index (χ4v) is 13.7. The van der Waals surface area contributed by atoms with Crippen LogP contribution < -0.4 is 3.87 Å². The molecule has 0 fully saturated rings. The fraction of sp³-hybridized carbons (Fsp3) is 0.304. The van der Waals surface area contributed by atoms with Crippen molar-refractivity contribution in [3.63, 3.8) is 0 Å². The average molecular weight is 426 g/mol. The second-order valence-electron chi connectivity index (χ2n) is 12.6. The Morgan fingerprint density at radius 3 is 2.08 bits per heavy atom. The van der Waals surface area contributed by atoms with Crippen molar-refractivity contribution in [1.82, 2.24) is 0 Å². The summed E-state index contributed by atoms with van der Waals surface area (Å²) in [5, 5.41) is 13.0. The molecule has 0 radical (unpaired) electrons. The number of hydrogen-bond donors (Lipinski definition) is 0. The number of hydrogen-bond acceptors (Lipinski definition) is 0. The van der Waals surface area contributed by atoms with Gasteiger partial charge in [-0.05, 0) is 0 Å². The molecule has 26 heavy (non-hydrogen) atoms. The maximum absolute atomic E-state index is 4.04. The van der Waals surface area contributed by atoms with E-state index in [0.29, 0.717) is 0 Å². The summed E-state index contributed by atoms with van der Waals surface area (Å²) in [6.07, 6.45) is 9.15. The van der Waals surface area contributed by atoms with Gasteiger partial charge in [0.1, 0.15) is 0 Å². The first-order valence-electron chi connectivity index (χ1n) is 9.25. The molecule has 0 N–H and O–H groups in total. The third-order valence-corrected chi connectivity index (χ3v) is 18.3. The minimum absolute atomic E-state index is 0. The molecule has 0 unspecified atom stereocenters. The van der Waals surface area contributed by atoms with Crippen molar-refractivity contribution in [1.29, 1.82) is 0 Å². The summed E-state index contributed by atoms with van der Waals surface area (Å²) >= 11 is -4.04. The Kier molecular flexibility index (Phi) is 4.28. The molecule has 2 aliphatic carbocycles. The molecular weight excluding hydrogens is 395 g/mol. The summed E-state index contributed by atoms with van der Waals surface area (Å²) in [6, 6.07) is 15.9. The van der Waals surface area contributed by atoms with Crippen LogP contribution in [0, 0.1) is 0 Å². The Morgan fingerprint density at radius 1 is 0.769 bits per heavy atom. The standard InChI is InChI=1S/C13H9.C5H5.5CH3.2ClH.Ti/c1-3-7-12-10(5-1)9-11-6-2-4-8-13(11)12;1-2-4-5-3-1;;;;;;;;/h1-5,7-8H,9H2;1-3H,4H2;5*1H3;2*1H;. The molecule has 2 aromatic carbocycles. The van der Waals surface area contributed by atoms with Crippen LogP contribution in [-0.2, 0) is 19.2 Å². The van der Waals surface area contributed by atoms with Gasteiger partial charge in [0, 0.05) is 0 Å². The Morgan fingerprint density at radius 2 is 1.42 bits per heavy atom. The molecule has 0 aliphatic heterocycles. The van der Waals surface area contributed by atoms with Crippen molar-refractivity contribution in [3.05, 3.63) is 75.7 Å². The molecular formula is C23H31Cl2Ti. The van der Waals surface area contributed by atoms with E-state index in [0.717, 1.165) is 12.8 Å². The molecule has 0 nitrogen and oxygen atoms in total.